The van der Waals surface area contributed by atoms with Gasteiger partial charge >= 0.3 is 0 Å². The Kier molecular flexibility index (Phi) is 4.09. The lowest BCUT2D eigenvalue weighted by molar-refractivity contribution is -0.123. The maximum absolute atomic E-state index is 12.7. The highest BCUT2D eigenvalue weighted by Gasteiger charge is 2.29. The first-order valence-corrected chi connectivity index (χ1v) is 8.73. The second-order valence-electron chi connectivity index (χ2n) is 5.69. The van der Waals surface area contributed by atoms with Crippen LogP contribution in [0, 0.1) is 0 Å². The number of fused-ring (bicyclic) bond motifs is 1. The first-order chi connectivity index (χ1) is 10.9. The van der Waals surface area contributed by atoms with Crippen LogP contribution >= 0.6 is 0 Å². The fraction of sp³-hybridized carbons (Fsp3) is 0.429. The number of anilines is 2. The van der Waals surface area contributed by atoms with Gasteiger partial charge in [0.25, 0.3) is 0 Å². The molecule has 0 unspecified atom stereocenters. The monoisotopic (exact) mass is 338 g/mol. The predicted octanol–water partition coefficient (Wildman–Crippen LogP) is -0.0966. The Morgan fingerprint density at radius 1 is 0.957 bits per heavy atom. The molecule has 0 spiro atoms. The van der Waals surface area contributed by atoms with Gasteiger partial charge < -0.3 is 15.5 Å². The highest BCUT2D eigenvalue weighted by molar-refractivity contribution is 7.89. The molecule has 0 aromatic heterocycles. The molecule has 0 aliphatic carbocycles. The van der Waals surface area contributed by atoms with Crippen LogP contribution in [-0.4, -0.2) is 62.7 Å². The van der Waals surface area contributed by atoms with Crippen LogP contribution in [0.15, 0.2) is 23.1 Å². The van der Waals surface area contributed by atoms with Gasteiger partial charge in [-0.1, -0.05) is 0 Å². The molecular weight excluding hydrogens is 320 g/mol. The minimum Gasteiger partial charge on any atom is -0.324 e. The molecule has 3 rings (SSSR count). The largest absolute Gasteiger partial charge is 0.324 e. The smallest absolute Gasteiger partial charge is 0.243 e. The van der Waals surface area contributed by atoms with Crippen LogP contribution in [0.4, 0.5) is 11.4 Å². The van der Waals surface area contributed by atoms with Gasteiger partial charge in [-0.3, -0.25) is 9.59 Å². The summed E-state index contributed by atoms with van der Waals surface area (Å²) in [4.78, 5) is 25.3. The lowest BCUT2D eigenvalue weighted by Gasteiger charge is -2.31. The summed E-state index contributed by atoms with van der Waals surface area (Å²) in [6.45, 7) is 2.21. The molecule has 0 radical (unpaired) electrons. The summed E-state index contributed by atoms with van der Waals surface area (Å²) in [6.07, 6.45) is -0.283. The molecule has 2 N–H and O–H groups in total. The van der Waals surface area contributed by atoms with Crippen LogP contribution < -0.4 is 10.6 Å². The summed E-state index contributed by atoms with van der Waals surface area (Å²) in [6, 6.07) is 4.35. The number of likely N-dealkylation sites (N-methyl/N-ethyl adjacent to an activating group) is 1. The molecule has 23 heavy (non-hydrogen) atoms. The van der Waals surface area contributed by atoms with Gasteiger partial charge in [0.05, 0.1) is 16.3 Å². The molecule has 0 saturated carbocycles. The lowest BCUT2D eigenvalue weighted by atomic mass is 10.2. The average Bonchev–Trinajstić information content (AvgIpc) is 2.63. The summed E-state index contributed by atoms with van der Waals surface area (Å²) in [7, 11) is -1.67. The van der Waals surface area contributed by atoms with Gasteiger partial charge in [-0.15, -0.1) is 0 Å². The number of carbonyl (C=O) groups is 2. The van der Waals surface area contributed by atoms with Crippen molar-refractivity contribution in [1.82, 2.24) is 9.21 Å². The van der Waals surface area contributed by atoms with Crippen LogP contribution in [0.1, 0.15) is 6.42 Å². The van der Waals surface area contributed by atoms with E-state index in [-0.39, 0.29) is 11.3 Å². The fourth-order valence-electron chi connectivity index (χ4n) is 2.61. The molecule has 1 aromatic carbocycles. The number of rotatable bonds is 2. The van der Waals surface area contributed by atoms with E-state index in [1.54, 1.807) is 0 Å². The maximum atomic E-state index is 12.7. The van der Waals surface area contributed by atoms with E-state index < -0.39 is 21.8 Å². The zero-order valence-electron chi connectivity index (χ0n) is 12.7. The third-order valence-corrected chi connectivity index (χ3v) is 5.85. The topological polar surface area (TPSA) is 98.8 Å². The number of nitrogens with zero attached hydrogens (tertiary/aromatic N) is 2. The number of sulfonamides is 1. The molecule has 0 atom stereocenters. The van der Waals surface area contributed by atoms with Crippen LogP contribution in [-0.2, 0) is 19.6 Å². The predicted molar refractivity (Wildman–Crippen MR) is 84.6 cm³/mol. The van der Waals surface area contributed by atoms with Gasteiger partial charge in [0, 0.05) is 26.2 Å². The van der Waals surface area contributed by atoms with Crippen LogP contribution in [0.25, 0.3) is 0 Å². The number of amides is 2. The van der Waals surface area contributed by atoms with Gasteiger partial charge in [0.2, 0.25) is 21.8 Å². The second kappa shape index (κ2) is 5.91. The van der Waals surface area contributed by atoms with Gasteiger partial charge in [0.15, 0.2) is 0 Å². The van der Waals surface area contributed by atoms with Crippen LogP contribution in [0.2, 0.25) is 0 Å². The van der Waals surface area contributed by atoms with E-state index in [9.17, 15) is 18.0 Å². The highest BCUT2D eigenvalue weighted by atomic mass is 32.2. The average molecular weight is 338 g/mol. The highest BCUT2D eigenvalue weighted by Crippen LogP contribution is 2.29. The van der Waals surface area contributed by atoms with E-state index in [2.05, 4.69) is 15.5 Å². The van der Waals surface area contributed by atoms with E-state index in [0.717, 1.165) is 0 Å². The van der Waals surface area contributed by atoms with E-state index in [1.807, 2.05) is 7.05 Å². The molecule has 2 heterocycles. The van der Waals surface area contributed by atoms with Crippen molar-refractivity contribution in [2.45, 2.75) is 11.3 Å². The summed E-state index contributed by atoms with van der Waals surface area (Å²) < 4.78 is 26.9. The Hall–Kier alpha value is -1.97. The molecule has 1 fully saturated rings. The first-order valence-electron chi connectivity index (χ1n) is 7.29. The molecule has 2 amide bonds. The van der Waals surface area contributed by atoms with Gasteiger partial charge in [0.1, 0.15) is 6.42 Å². The van der Waals surface area contributed by atoms with E-state index in [4.69, 9.17) is 0 Å². The summed E-state index contributed by atoms with van der Waals surface area (Å²) in [5.74, 6) is -0.883. The van der Waals surface area contributed by atoms with Crippen molar-refractivity contribution in [3.63, 3.8) is 0 Å². The van der Waals surface area contributed by atoms with Crippen molar-refractivity contribution in [1.29, 1.82) is 0 Å². The van der Waals surface area contributed by atoms with Crippen molar-refractivity contribution >= 4 is 33.2 Å². The van der Waals surface area contributed by atoms with Crippen LogP contribution in [0.3, 0.4) is 0 Å². The molecule has 2 aliphatic rings. The Labute approximate surface area is 134 Å². The van der Waals surface area contributed by atoms with E-state index in [1.165, 1.54) is 22.5 Å². The number of hydrogen-bond acceptors (Lipinski definition) is 5. The zero-order chi connectivity index (χ0) is 16.6. The Bertz CT molecular complexity index is 754. The van der Waals surface area contributed by atoms with E-state index in [0.29, 0.717) is 37.6 Å². The molecule has 8 nitrogen and oxygen atoms in total. The number of nitrogens with one attached hydrogen (secondary N) is 2. The minimum atomic E-state index is -3.62. The summed E-state index contributed by atoms with van der Waals surface area (Å²) in [5, 5.41) is 5.14. The summed E-state index contributed by atoms with van der Waals surface area (Å²) in [5.41, 5.74) is 0.703. The van der Waals surface area contributed by atoms with Crippen LogP contribution in [0.5, 0.6) is 0 Å². The van der Waals surface area contributed by atoms with E-state index >= 15 is 0 Å². The van der Waals surface area contributed by atoms with Gasteiger partial charge in [-0.2, -0.15) is 4.31 Å². The van der Waals surface area contributed by atoms with Gasteiger partial charge in [-0.25, -0.2) is 8.42 Å². The standard InChI is InChI=1S/C14H18N4O4S/c1-17-4-6-18(7-5-17)23(21,22)10-2-3-11-12(8-10)16-14(20)9-13(19)15-11/h2-3,8H,4-7,9H2,1H3,(H,15,19)(H,16,20). The number of piperazine rings is 1. The maximum Gasteiger partial charge on any atom is 0.243 e. The fourth-order valence-corrected chi connectivity index (χ4v) is 4.06. The molecule has 9 heteroatoms. The number of carbonyl (C=O) groups excluding carboxylic acids is 2. The lowest BCUT2D eigenvalue weighted by Crippen LogP contribution is -2.47. The Balaban J connectivity index is 1.92. The molecular formula is C14H18N4O4S. The third kappa shape index (κ3) is 3.21. The first kappa shape index (κ1) is 15.9. The van der Waals surface area contributed by atoms with Gasteiger partial charge in [-0.05, 0) is 25.2 Å². The number of benzene rings is 1. The number of hydrogen-bond donors (Lipinski definition) is 2. The minimum absolute atomic E-state index is 0.109. The zero-order valence-corrected chi connectivity index (χ0v) is 13.5. The van der Waals surface area contributed by atoms with Crippen molar-refractivity contribution in [2.75, 3.05) is 43.9 Å². The second-order valence-corrected chi connectivity index (χ2v) is 7.63. The Morgan fingerprint density at radius 2 is 1.57 bits per heavy atom. The molecule has 1 aromatic rings. The Morgan fingerprint density at radius 3 is 2.22 bits per heavy atom. The van der Waals surface area contributed by atoms with Crippen molar-refractivity contribution in [3.8, 4) is 0 Å². The van der Waals surface area contributed by atoms with Crippen molar-refractivity contribution in [3.05, 3.63) is 18.2 Å². The third-order valence-electron chi connectivity index (χ3n) is 3.96. The molecule has 1 saturated heterocycles. The summed E-state index contributed by atoms with van der Waals surface area (Å²) >= 11 is 0. The van der Waals surface area contributed by atoms with Crippen molar-refractivity contribution in [2.24, 2.45) is 0 Å². The van der Waals surface area contributed by atoms with Crippen molar-refractivity contribution < 1.29 is 18.0 Å². The SMILES string of the molecule is CN1CCN(S(=O)(=O)c2ccc3c(c2)NC(=O)CC(=O)N3)CC1. The molecule has 124 valence electrons. The molecule has 2 aliphatic heterocycles. The quantitative estimate of drug-likeness (QED) is 0.734. The normalized spacial score (nSPS) is 20.4. The molecule has 0 bridgehead atoms.